The van der Waals surface area contributed by atoms with Crippen LogP contribution in [0, 0.1) is 0 Å². The molecule has 5 nitrogen and oxygen atoms in total. The quantitative estimate of drug-likeness (QED) is 0.497. The Morgan fingerprint density at radius 2 is 1.81 bits per heavy atom. The normalized spacial score (nSPS) is 10.8. The molecule has 2 aromatic carbocycles. The summed E-state index contributed by atoms with van der Waals surface area (Å²) in [5.41, 5.74) is 4.63. The molecule has 0 radical (unpaired) electrons. The Kier molecular flexibility index (Phi) is 5.16. The minimum Gasteiger partial charge on any atom is -0.346 e. The molecule has 0 saturated carbocycles. The van der Waals surface area contributed by atoms with E-state index < -0.39 is 0 Å². The Morgan fingerprint density at radius 1 is 1.00 bits per heavy atom. The second-order valence-corrected chi connectivity index (χ2v) is 7.01. The highest BCUT2D eigenvalue weighted by Crippen LogP contribution is 2.23. The number of thioether (sulfide) groups is 1. The third-order valence-electron chi connectivity index (χ3n) is 4.12. The van der Waals surface area contributed by atoms with Gasteiger partial charge in [0.05, 0.1) is 23.3 Å². The summed E-state index contributed by atoms with van der Waals surface area (Å²) in [6.07, 6.45) is 1.72. The van der Waals surface area contributed by atoms with Crippen LogP contribution in [0.5, 0.6) is 0 Å². The fourth-order valence-corrected chi connectivity index (χ4v) is 3.52. The molecule has 0 aliphatic rings. The van der Waals surface area contributed by atoms with Gasteiger partial charge < -0.3 is 10.3 Å². The second-order valence-electron chi connectivity index (χ2n) is 6.05. The van der Waals surface area contributed by atoms with E-state index in [1.54, 1.807) is 18.0 Å². The van der Waals surface area contributed by atoms with E-state index in [0.717, 1.165) is 33.2 Å². The van der Waals surface area contributed by atoms with E-state index >= 15 is 0 Å². The number of imidazole rings is 1. The highest BCUT2D eigenvalue weighted by atomic mass is 32.2. The number of fused-ring (bicyclic) bond motifs is 1. The van der Waals surface area contributed by atoms with E-state index in [9.17, 15) is 4.79 Å². The number of pyridine rings is 1. The molecule has 1 amide bonds. The van der Waals surface area contributed by atoms with Crippen LogP contribution in [0.4, 0.5) is 0 Å². The first-order valence-electron chi connectivity index (χ1n) is 8.62. The number of nitrogens with zero attached hydrogens (tertiary/aromatic N) is 2. The van der Waals surface area contributed by atoms with Gasteiger partial charge in [0, 0.05) is 17.5 Å². The number of para-hydroxylation sites is 2. The molecule has 2 heterocycles. The van der Waals surface area contributed by atoms with Gasteiger partial charge in [-0.25, -0.2) is 4.98 Å². The molecule has 4 aromatic rings. The van der Waals surface area contributed by atoms with Crippen LogP contribution in [-0.2, 0) is 12.3 Å². The smallest absolute Gasteiger partial charge is 0.251 e. The zero-order valence-corrected chi connectivity index (χ0v) is 15.4. The highest BCUT2D eigenvalue weighted by molar-refractivity contribution is 7.98. The fraction of sp³-hybridized carbons (Fsp3) is 0.0952. The van der Waals surface area contributed by atoms with E-state index in [-0.39, 0.29) is 5.91 Å². The topological polar surface area (TPSA) is 70.7 Å². The molecule has 0 aliphatic heterocycles. The van der Waals surface area contributed by atoms with Gasteiger partial charge in [-0.3, -0.25) is 9.78 Å². The van der Waals surface area contributed by atoms with Gasteiger partial charge in [-0.1, -0.05) is 42.1 Å². The number of carbonyl (C=O) groups excluding carboxylic acids is 1. The van der Waals surface area contributed by atoms with Gasteiger partial charge in [0.25, 0.3) is 5.91 Å². The largest absolute Gasteiger partial charge is 0.346 e. The van der Waals surface area contributed by atoms with Gasteiger partial charge in [0.2, 0.25) is 0 Å². The van der Waals surface area contributed by atoms with Crippen molar-refractivity contribution in [3.63, 3.8) is 0 Å². The first-order chi connectivity index (χ1) is 13.3. The maximum absolute atomic E-state index is 12.2. The van der Waals surface area contributed by atoms with E-state index in [4.69, 9.17) is 0 Å². The molecule has 2 N–H and O–H groups in total. The standard InChI is InChI=1S/C21H18N4OS/c26-20(23-13-17-5-3-4-12-22-17)16-10-8-15(9-11-16)14-27-21-24-18-6-1-2-7-19(18)25-21/h1-12H,13-14H2,(H,23,26)(H,24,25). The van der Waals surface area contributed by atoms with Gasteiger partial charge in [-0.2, -0.15) is 0 Å². The summed E-state index contributed by atoms with van der Waals surface area (Å²) in [6.45, 7) is 0.420. The molecule has 0 spiro atoms. The molecule has 6 heteroatoms. The van der Waals surface area contributed by atoms with Crippen LogP contribution in [-0.4, -0.2) is 20.9 Å². The monoisotopic (exact) mass is 374 g/mol. The lowest BCUT2D eigenvalue weighted by molar-refractivity contribution is 0.0950. The minimum atomic E-state index is -0.0999. The van der Waals surface area contributed by atoms with Crippen molar-refractivity contribution in [1.82, 2.24) is 20.3 Å². The van der Waals surface area contributed by atoms with Crippen LogP contribution in [0.2, 0.25) is 0 Å². The van der Waals surface area contributed by atoms with Crippen LogP contribution < -0.4 is 5.32 Å². The Hall–Kier alpha value is -3.12. The van der Waals surface area contributed by atoms with Crippen LogP contribution in [0.3, 0.4) is 0 Å². The number of carbonyl (C=O) groups is 1. The molecule has 0 bridgehead atoms. The molecule has 0 atom stereocenters. The fourth-order valence-electron chi connectivity index (χ4n) is 2.68. The first-order valence-corrected chi connectivity index (χ1v) is 9.61. The summed E-state index contributed by atoms with van der Waals surface area (Å²) < 4.78 is 0. The lowest BCUT2D eigenvalue weighted by atomic mass is 10.1. The van der Waals surface area contributed by atoms with Crippen molar-refractivity contribution in [2.45, 2.75) is 17.5 Å². The molecule has 0 unspecified atom stereocenters. The van der Waals surface area contributed by atoms with Crippen molar-refractivity contribution < 1.29 is 4.79 Å². The number of hydrogen-bond acceptors (Lipinski definition) is 4. The molecule has 27 heavy (non-hydrogen) atoms. The van der Waals surface area contributed by atoms with Crippen molar-refractivity contribution in [3.8, 4) is 0 Å². The molecule has 2 aromatic heterocycles. The third kappa shape index (κ3) is 4.35. The summed E-state index contributed by atoms with van der Waals surface area (Å²) >= 11 is 1.65. The number of hydrogen-bond donors (Lipinski definition) is 2. The van der Waals surface area contributed by atoms with Crippen molar-refractivity contribution in [3.05, 3.63) is 89.7 Å². The van der Waals surface area contributed by atoms with Crippen molar-refractivity contribution in [1.29, 1.82) is 0 Å². The maximum Gasteiger partial charge on any atom is 0.251 e. The van der Waals surface area contributed by atoms with Gasteiger partial charge >= 0.3 is 0 Å². The van der Waals surface area contributed by atoms with Gasteiger partial charge in [0.15, 0.2) is 5.16 Å². The van der Waals surface area contributed by atoms with Crippen molar-refractivity contribution in [2.75, 3.05) is 0 Å². The number of H-pyrrole nitrogens is 1. The third-order valence-corrected chi connectivity index (χ3v) is 5.06. The average molecular weight is 374 g/mol. The van der Waals surface area contributed by atoms with Gasteiger partial charge in [0.1, 0.15) is 0 Å². The van der Waals surface area contributed by atoms with Crippen LogP contribution in [0.1, 0.15) is 21.6 Å². The number of nitrogens with one attached hydrogen (secondary N) is 2. The lowest BCUT2D eigenvalue weighted by Crippen LogP contribution is -2.23. The summed E-state index contributed by atoms with van der Waals surface area (Å²) in [5, 5.41) is 3.78. The van der Waals surface area contributed by atoms with Crippen molar-refractivity contribution >= 4 is 28.7 Å². The lowest BCUT2D eigenvalue weighted by Gasteiger charge is -2.06. The predicted octanol–water partition coefficient (Wildman–Crippen LogP) is 4.18. The number of aromatic nitrogens is 3. The SMILES string of the molecule is O=C(NCc1ccccn1)c1ccc(CSc2nc3ccccc3[nH]2)cc1. The molecule has 4 rings (SSSR count). The van der Waals surface area contributed by atoms with E-state index in [0.29, 0.717) is 12.1 Å². The maximum atomic E-state index is 12.2. The van der Waals surface area contributed by atoms with Crippen molar-refractivity contribution in [2.24, 2.45) is 0 Å². The molecule has 0 saturated heterocycles. The van der Waals surface area contributed by atoms with E-state index in [1.165, 1.54) is 0 Å². The molecular weight excluding hydrogens is 356 g/mol. The summed E-state index contributed by atoms with van der Waals surface area (Å²) in [5.74, 6) is 0.687. The minimum absolute atomic E-state index is 0.0999. The number of amides is 1. The van der Waals surface area contributed by atoms with Gasteiger partial charge in [-0.05, 0) is 42.0 Å². The predicted molar refractivity (Wildman–Crippen MR) is 108 cm³/mol. The summed E-state index contributed by atoms with van der Waals surface area (Å²) in [6, 6.07) is 21.3. The van der Waals surface area contributed by atoms with E-state index in [2.05, 4.69) is 20.3 Å². The number of aromatic amines is 1. The Morgan fingerprint density at radius 3 is 2.59 bits per heavy atom. The van der Waals surface area contributed by atoms with Crippen LogP contribution in [0.25, 0.3) is 11.0 Å². The summed E-state index contributed by atoms with van der Waals surface area (Å²) in [4.78, 5) is 24.3. The van der Waals surface area contributed by atoms with Gasteiger partial charge in [-0.15, -0.1) is 0 Å². The zero-order chi connectivity index (χ0) is 18.5. The Labute approximate surface area is 161 Å². The zero-order valence-electron chi connectivity index (χ0n) is 14.6. The Bertz CT molecular complexity index is 1010. The number of rotatable bonds is 6. The first kappa shape index (κ1) is 17.3. The second kappa shape index (κ2) is 8.05. The molecule has 0 fully saturated rings. The summed E-state index contributed by atoms with van der Waals surface area (Å²) in [7, 11) is 0. The number of benzene rings is 2. The molecular formula is C21H18N4OS. The Balaban J connectivity index is 1.33. The van der Waals surface area contributed by atoms with Crippen LogP contribution >= 0.6 is 11.8 Å². The molecule has 134 valence electrons. The average Bonchev–Trinajstić information content (AvgIpc) is 3.15. The van der Waals surface area contributed by atoms with E-state index in [1.807, 2.05) is 66.7 Å². The van der Waals surface area contributed by atoms with Crippen LogP contribution in [0.15, 0.2) is 78.1 Å². The molecule has 0 aliphatic carbocycles. The highest BCUT2D eigenvalue weighted by Gasteiger charge is 2.07.